The first-order valence-electron chi connectivity index (χ1n) is 6.70. The van der Waals surface area contributed by atoms with Gasteiger partial charge in [0.15, 0.2) is 0 Å². The minimum absolute atomic E-state index is 1.06. The normalized spacial score (nSPS) is 18.5. The number of hydrogen-bond acceptors (Lipinski definition) is 2. The fourth-order valence-corrected chi connectivity index (χ4v) is 3.91. The van der Waals surface area contributed by atoms with Crippen LogP contribution < -0.4 is 0 Å². The van der Waals surface area contributed by atoms with Crippen molar-refractivity contribution in [2.75, 3.05) is 0 Å². The van der Waals surface area contributed by atoms with E-state index >= 15 is 0 Å². The quantitative estimate of drug-likeness (QED) is 0.691. The number of aryl methyl sites for hydroxylation is 1. The first-order valence-corrected chi connectivity index (χ1v) is 7.51. The van der Waals surface area contributed by atoms with Crippen molar-refractivity contribution < 1.29 is 0 Å². The van der Waals surface area contributed by atoms with E-state index in [0.29, 0.717) is 0 Å². The molecule has 0 bridgehead atoms. The summed E-state index contributed by atoms with van der Waals surface area (Å²) in [5.41, 5.74) is 4.87. The first-order chi connectivity index (χ1) is 9.24. The van der Waals surface area contributed by atoms with Crippen LogP contribution in [0.5, 0.6) is 0 Å². The molecule has 19 heavy (non-hydrogen) atoms. The molecule has 1 aliphatic heterocycles. The molecule has 0 fully saturated rings. The largest absolute Gasteiger partial charge is 0.253 e. The maximum Gasteiger partial charge on any atom is 0.0722 e. The Morgan fingerprint density at radius 1 is 1.32 bits per heavy atom. The molecule has 0 amide bonds. The summed E-state index contributed by atoms with van der Waals surface area (Å²) in [4.78, 5) is 7.35. The summed E-state index contributed by atoms with van der Waals surface area (Å²) in [6.07, 6.45) is 5.60. The van der Waals surface area contributed by atoms with Gasteiger partial charge >= 0.3 is 0 Å². The first kappa shape index (κ1) is 12.5. The second-order valence-corrected chi connectivity index (χ2v) is 5.83. The lowest BCUT2D eigenvalue weighted by atomic mass is 9.98. The lowest BCUT2D eigenvalue weighted by Crippen LogP contribution is -1.99. The molecule has 1 nitrogen and oxygen atoms in total. The minimum Gasteiger partial charge on any atom is -0.253 e. The molecule has 0 saturated carbocycles. The summed E-state index contributed by atoms with van der Waals surface area (Å²) in [7, 11) is 0. The highest BCUT2D eigenvalue weighted by molar-refractivity contribution is 8.04. The maximum atomic E-state index is 4.66. The van der Waals surface area contributed by atoms with E-state index in [9.17, 15) is 0 Å². The molecule has 2 heterocycles. The topological polar surface area (TPSA) is 12.9 Å². The average molecular weight is 267 g/mol. The van der Waals surface area contributed by atoms with Crippen LogP contribution in [0, 0.1) is 6.92 Å². The highest BCUT2D eigenvalue weighted by Crippen LogP contribution is 2.47. The highest BCUT2D eigenvalue weighted by atomic mass is 32.2. The van der Waals surface area contributed by atoms with Gasteiger partial charge in [-0.15, -0.1) is 0 Å². The van der Waals surface area contributed by atoms with Crippen molar-refractivity contribution in [3.05, 3.63) is 52.6 Å². The zero-order chi connectivity index (χ0) is 13.4. The van der Waals surface area contributed by atoms with Gasteiger partial charge in [0.05, 0.1) is 5.52 Å². The molecule has 2 aromatic rings. The van der Waals surface area contributed by atoms with Crippen LogP contribution >= 0.6 is 11.8 Å². The second kappa shape index (κ2) is 4.86. The molecule has 0 spiro atoms. The lowest BCUT2D eigenvalue weighted by molar-refractivity contribution is 1.21. The Hall–Kier alpha value is -1.54. The second-order valence-electron chi connectivity index (χ2n) is 4.74. The number of aromatic nitrogens is 1. The van der Waals surface area contributed by atoms with E-state index in [1.165, 1.54) is 26.3 Å². The third-order valence-corrected chi connectivity index (χ3v) is 4.54. The van der Waals surface area contributed by atoms with Crippen LogP contribution in [0.4, 0.5) is 0 Å². The fraction of sp³-hybridized carbons (Fsp3) is 0.235. The summed E-state index contributed by atoms with van der Waals surface area (Å²) in [5, 5.41) is 1.31. The fourth-order valence-electron chi connectivity index (χ4n) is 2.63. The number of benzene rings is 1. The molecule has 0 radical (unpaired) electrons. The van der Waals surface area contributed by atoms with Crippen molar-refractivity contribution in [1.82, 2.24) is 4.98 Å². The Kier molecular flexibility index (Phi) is 3.19. The Morgan fingerprint density at radius 3 is 2.89 bits per heavy atom. The van der Waals surface area contributed by atoms with Crippen LogP contribution in [0.25, 0.3) is 16.5 Å². The molecule has 1 aromatic carbocycles. The minimum atomic E-state index is 1.06. The van der Waals surface area contributed by atoms with E-state index < -0.39 is 0 Å². The Balaban J connectivity index is 2.39. The molecule has 0 atom stereocenters. The van der Waals surface area contributed by atoms with Gasteiger partial charge in [-0.2, -0.15) is 0 Å². The highest BCUT2D eigenvalue weighted by Gasteiger charge is 2.21. The average Bonchev–Trinajstić information content (AvgIpc) is 2.39. The van der Waals surface area contributed by atoms with Crippen molar-refractivity contribution >= 4 is 28.2 Å². The van der Waals surface area contributed by atoms with E-state index in [-0.39, 0.29) is 0 Å². The molecule has 1 aliphatic rings. The zero-order valence-corrected chi connectivity index (χ0v) is 12.3. The van der Waals surface area contributed by atoms with E-state index in [0.717, 1.165) is 17.6 Å². The summed E-state index contributed by atoms with van der Waals surface area (Å²) in [6.45, 7) is 6.38. The van der Waals surface area contributed by atoms with E-state index in [2.05, 4.69) is 62.2 Å². The van der Waals surface area contributed by atoms with Gasteiger partial charge in [-0.1, -0.05) is 36.9 Å². The maximum absolute atomic E-state index is 4.66. The van der Waals surface area contributed by atoms with Crippen LogP contribution in [-0.2, 0) is 0 Å². The van der Waals surface area contributed by atoms with E-state index in [1.54, 1.807) is 0 Å². The summed E-state index contributed by atoms with van der Waals surface area (Å²) in [6, 6.07) is 8.62. The molecule has 0 saturated heterocycles. The summed E-state index contributed by atoms with van der Waals surface area (Å²) in [5.74, 6) is 0. The predicted molar refractivity (Wildman–Crippen MR) is 84.4 cm³/mol. The van der Waals surface area contributed by atoms with Crippen LogP contribution in [0.1, 0.15) is 31.5 Å². The number of hydrogen-bond donors (Lipinski definition) is 0. The number of thioether (sulfide) groups is 1. The molecule has 0 N–H and O–H groups in total. The van der Waals surface area contributed by atoms with E-state index in [4.69, 9.17) is 0 Å². The summed E-state index contributed by atoms with van der Waals surface area (Å²) < 4.78 is 0. The molecule has 0 unspecified atom stereocenters. The number of allylic oxidation sites excluding steroid dienone is 3. The van der Waals surface area contributed by atoms with Gasteiger partial charge in [-0.05, 0) is 49.6 Å². The molecular formula is C17H17NS. The van der Waals surface area contributed by atoms with Gasteiger partial charge < -0.3 is 0 Å². The van der Waals surface area contributed by atoms with Crippen LogP contribution in [-0.4, -0.2) is 4.98 Å². The van der Waals surface area contributed by atoms with Gasteiger partial charge in [0.25, 0.3) is 0 Å². The Labute approximate surface area is 118 Å². The van der Waals surface area contributed by atoms with Gasteiger partial charge in [0.2, 0.25) is 0 Å². The lowest BCUT2D eigenvalue weighted by Gasteiger charge is -2.22. The van der Waals surface area contributed by atoms with Crippen LogP contribution in [0.2, 0.25) is 0 Å². The summed E-state index contributed by atoms with van der Waals surface area (Å²) >= 11 is 1.87. The molecule has 0 aliphatic carbocycles. The monoisotopic (exact) mass is 267 g/mol. The van der Waals surface area contributed by atoms with Crippen molar-refractivity contribution in [3.8, 4) is 0 Å². The Morgan fingerprint density at radius 2 is 2.16 bits per heavy atom. The van der Waals surface area contributed by atoms with Crippen molar-refractivity contribution in [1.29, 1.82) is 0 Å². The molecule has 96 valence electrons. The Bertz CT molecular complexity index is 711. The van der Waals surface area contributed by atoms with Crippen LogP contribution in [0.15, 0.2) is 46.2 Å². The molecule has 3 rings (SSSR count). The number of nitrogens with zero attached hydrogens (tertiary/aromatic N) is 1. The number of rotatable bonds is 1. The third kappa shape index (κ3) is 2.00. The predicted octanol–water partition coefficient (Wildman–Crippen LogP) is 5.35. The van der Waals surface area contributed by atoms with Gasteiger partial charge in [0, 0.05) is 20.9 Å². The SMILES string of the molecule is CC=C1/C(=C\CC)Sc2cccc3nc(C)cc1c23. The van der Waals surface area contributed by atoms with Crippen molar-refractivity contribution in [2.45, 2.75) is 32.1 Å². The van der Waals surface area contributed by atoms with E-state index in [1.807, 2.05) is 11.8 Å². The molecule has 1 aromatic heterocycles. The standard InChI is InChI=1S/C17H17NS/c1-4-7-15-12(5-2)13-10-11(3)18-14-8-6-9-16(19-15)17(13)14/h5-10H,4H2,1-3H3/b12-5?,15-7+. The van der Waals surface area contributed by atoms with Crippen molar-refractivity contribution in [3.63, 3.8) is 0 Å². The molecular weight excluding hydrogens is 250 g/mol. The van der Waals surface area contributed by atoms with Crippen molar-refractivity contribution in [2.24, 2.45) is 0 Å². The zero-order valence-electron chi connectivity index (χ0n) is 11.5. The van der Waals surface area contributed by atoms with Gasteiger partial charge in [0.1, 0.15) is 0 Å². The van der Waals surface area contributed by atoms with Gasteiger partial charge in [-0.25, -0.2) is 0 Å². The molecule has 2 heteroatoms. The third-order valence-electron chi connectivity index (χ3n) is 3.38. The number of pyridine rings is 1. The van der Waals surface area contributed by atoms with Crippen LogP contribution in [0.3, 0.4) is 0 Å². The van der Waals surface area contributed by atoms with Gasteiger partial charge in [-0.3, -0.25) is 4.98 Å². The smallest absolute Gasteiger partial charge is 0.0722 e.